The molecule has 0 aliphatic carbocycles. The van der Waals surface area contributed by atoms with Crippen LogP contribution in [-0.4, -0.2) is 17.4 Å². The van der Waals surface area contributed by atoms with Crippen molar-refractivity contribution in [1.29, 1.82) is 0 Å². The molecule has 122 valence electrons. The zero-order chi connectivity index (χ0) is 16.6. The fraction of sp³-hybridized carbons (Fsp3) is 0.412. The van der Waals surface area contributed by atoms with E-state index in [1.165, 1.54) is 6.07 Å². The van der Waals surface area contributed by atoms with E-state index in [9.17, 15) is 13.6 Å². The minimum absolute atomic E-state index is 0.127. The Hall–Kier alpha value is -1.82. The first-order chi connectivity index (χ1) is 11.0. The highest BCUT2D eigenvalue weighted by Gasteiger charge is 2.25. The molecular weight excluding hydrogens is 318 g/mol. The van der Waals surface area contributed by atoms with Gasteiger partial charge in [-0.2, -0.15) is 0 Å². The summed E-state index contributed by atoms with van der Waals surface area (Å²) in [6, 6.07) is 2.33. The largest absolute Gasteiger partial charge is 0.312 e. The van der Waals surface area contributed by atoms with Gasteiger partial charge in [0.25, 0.3) is 0 Å². The Balaban J connectivity index is 1.82. The second-order valence-corrected chi connectivity index (χ2v) is 6.94. The summed E-state index contributed by atoms with van der Waals surface area (Å²) in [5, 5.41) is 2.89. The molecule has 6 heteroatoms. The van der Waals surface area contributed by atoms with Crippen LogP contribution in [-0.2, 0) is 17.6 Å². The molecular formula is C17H18F2N2OS. The van der Waals surface area contributed by atoms with Crippen LogP contribution in [0.4, 0.5) is 14.5 Å². The number of fused-ring (bicyclic) bond motifs is 1. The molecule has 0 radical (unpaired) electrons. The number of rotatable bonds is 3. The molecule has 3 rings (SSSR count). The van der Waals surface area contributed by atoms with Crippen molar-refractivity contribution >= 4 is 22.9 Å². The lowest BCUT2D eigenvalue weighted by molar-refractivity contribution is -0.118. The third-order valence-corrected chi connectivity index (χ3v) is 5.13. The molecule has 1 amide bonds. The Morgan fingerprint density at radius 3 is 2.78 bits per heavy atom. The summed E-state index contributed by atoms with van der Waals surface area (Å²) in [5.74, 6) is -1.58. The van der Waals surface area contributed by atoms with Gasteiger partial charge in [0.2, 0.25) is 5.91 Å². The van der Waals surface area contributed by atoms with Crippen molar-refractivity contribution < 1.29 is 13.6 Å². The minimum Gasteiger partial charge on any atom is -0.312 e. The molecule has 0 saturated heterocycles. The lowest BCUT2D eigenvalue weighted by Gasteiger charge is -2.29. The van der Waals surface area contributed by atoms with E-state index in [0.29, 0.717) is 30.1 Å². The number of carbonyl (C=O) groups excluding carboxylic acids is 1. The van der Waals surface area contributed by atoms with Gasteiger partial charge in [-0.25, -0.2) is 13.8 Å². The van der Waals surface area contributed by atoms with Crippen LogP contribution in [0.25, 0.3) is 0 Å². The highest BCUT2D eigenvalue weighted by atomic mass is 32.1. The molecule has 0 unspecified atom stereocenters. The predicted octanol–water partition coefficient (Wildman–Crippen LogP) is 4.07. The van der Waals surface area contributed by atoms with Crippen molar-refractivity contribution in [2.45, 2.75) is 39.0 Å². The lowest BCUT2D eigenvalue weighted by Crippen LogP contribution is -2.36. The van der Waals surface area contributed by atoms with E-state index in [0.717, 1.165) is 23.2 Å². The van der Waals surface area contributed by atoms with E-state index >= 15 is 0 Å². The average Bonchev–Trinajstić information content (AvgIpc) is 2.96. The third kappa shape index (κ3) is 3.27. The topological polar surface area (TPSA) is 33.2 Å². The maximum absolute atomic E-state index is 13.5. The molecule has 1 aliphatic rings. The predicted molar refractivity (Wildman–Crippen MR) is 86.9 cm³/mol. The van der Waals surface area contributed by atoms with Crippen molar-refractivity contribution in [2.75, 3.05) is 11.4 Å². The number of halogens is 2. The monoisotopic (exact) mass is 336 g/mol. The van der Waals surface area contributed by atoms with Gasteiger partial charge in [-0.1, -0.05) is 13.8 Å². The molecule has 2 heterocycles. The van der Waals surface area contributed by atoms with Gasteiger partial charge in [0, 0.05) is 29.6 Å². The Morgan fingerprint density at radius 1 is 1.35 bits per heavy atom. The van der Waals surface area contributed by atoms with Crippen LogP contribution in [0, 0.1) is 11.6 Å². The van der Waals surface area contributed by atoms with Crippen molar-refractivity contribution in [2.24, 2.45) is 0 Å². The summed E-state index contributed by atoms with van der Waals surface area (Å²) in [7, 11) is 0. The van der Waals surface area contributed by atoms with Gasteiger partial charge in [0.1, 0.15) is 0 Å². The minimum atomic E-state index is -0.917. The molecule has 0 spiro atoms. The molecule has 0 saturated carbocycles. The molecule has 0 atom stereocenters. The smallest absolute Gasteiger partial charge is 0.233 e. The van der Waals surface area contributed by atoms with Gasteiger partial charge in [-0.05, 0) is 24.5 Å². The molecule has 1 aromatic heterocycles. The summed E-state index contributed by atoms with van der Waals surface area (Å²) < 4.78 is 26.9. The first-order valence-electron chi connectivity index (χ1n) is 7.68. The normalized spacial score (nSPS) is 14.2. The SMILES string of the molecule is CC(C)c1nc(CC(=O)N2CCCc3cc(F)c(F)cc32)cs1. The van der Waals surface area contributed by atoms with Crippen LogP contribution in [0.5, 0.6) is 0 Å². The molecule has 3 nitrogen and oxygen atoms in total. The van der Waals surface area contributed by atoms with Gasteiger partial charge in [-0.15, -0.1) is 11.3 Å². The van der Waals surface area contributed by atoms with Crippen molar-refractivity contribution in [3.63, 3.8) is 0 Å². The zero-order valence-electron chi connectivity index (χ0n) is 13.1. The molecule has 0 N–H and O–H groups in total. The van der Waals surface area contributed by atoms with Crippen LogP contribution in [0.2, 0.25) is 0 Å². The summed E-state index contributed by atoms with van der Waals surface area (Å²) in [6.45, 7) is 4.64. The Morgan fingerprint density at radius 2 is 2.09 bits per heavy atom. The fourth-order valence-electron chi connectivity index (χ4n) is 2.76. The Bertz CT molecular complexity index is 742. The molecule has 23 heavy (non-hydrogen) atoms. The number of aryl methyl sites for hydroxylation is 1. The number of benzene rings is 1. The van der Waals surface area contributed by atoms with E-state index in [1.807, 2.05) is 5.38 Å². The third-order valence-electron chi connectivity index (χ3n) is 3.94. The molecule has 0 fully saturated rings. The Kier molecular flexibility index (Phi) is 4.43. The van der Waals surface area contributed by atoms with E-state index in [2.05, 4.69) is 18.8 Å². The molecule has 1 aromatic carbocycles. The second-order valence-electron chi connectivity index (χ2n) is 6.05. The number of aromatic nitrogens is 1. The van der Waals surface area contributed by atoms with Crippen molar-refractivity contribution in [3.05, 3.63) is 45.4 Å². The van der Waals surface area contributed by atoms with Crippen LogP contribution in [0.15, 0.2) is 17.5 Å². The van der Waals surface area contributed by atoms with Crippen molar-refractivity contribution in [1.82, 2.24) is 4.98 Å². The number of anilines is 1. The van der Waals surface area contributed by atoms with Gasteiger partial charge in [-0.3, -0.25) is 4.79 Å². The number of amides is 1. The summed E-state index contributed by atoms with van der Waals surface area (Å²) in [5.41, 5.74) is 1.91. The van der Waals surface area contributed by atoms with E-state index < -0.39 is 11.6 Å². The van der Waals surface area contributed by atoms with Crippen LogP contribution in [0.3, 0.4) is 0 Å². The summed E-state index contributed by atoms with van der Waals surface area (Å²) in [6.07, 6.45) is 1.59. The highest BCUT2D eigenvalue weighted by molar-refractivity contribution is 7.09. The maximum Gasteiger partial charge on any atom is 0.233 e. The molecule has 0 bridgehead atoms. The number of hydrogen-bond acceptors (Lipinski definition) is 3. The van der Waals surface area contributed by atoms with Crippen molar-refractivity contribution in [3.8, 4) is 0 Å². The van der Waals surface area contributed by atoms with E-state index in [-0.39, 0.29) is 12.3 Å². The lowest BCUT2D eigenvalue weighted by atomic mass is 10.0. The summed E-state index contributed by atoms with van der Waals surface area (Å²) >= 11 is 1.54. The van der Waals surface area contributed by atoms with Gasteiger partial charge < -0.3 is 4.90 Å². The average molecular weight is 336 g/mol. The number of carbonyl (C=O) groups is 1. The first-order valence-corrected chi connectivity index (χ1v) is 8.56. The van der Waals surface area contributed by atoms with Gasteiger partial charge >= 0.3 is 0 Å². The van der Waals surface area contributed by atoms with E-state index in [1.54, 1.807) is 16.2 Å². The number of nitrogens with zero attached hydrogens (tertiary/aromatic N) is 2. The number of hydrogen-bond donors (Lipinski definition) is 0. The second kappa shape index (κ2) is 6.35. The van der Waals surface area contributed by atoms with E-state index in [4.69, 9.17) is 0 Å². The molecule has 2 aromatic rings. The standard InChI is InChI=1S/C17H18F2N2OS/c1-10(2)17-20-12(9-23-17)7-16(22)21-5-3-4-11-6-13(18)14(19)8-15(11)21/h6,8-10H,3-5,7H2,1-2H3. The zero-order valence-corrected chi connectivity index (χ0v) is 13.9. The van der Waals surface area contributed by atoms with Crippen LogP contribution in [0.1, 0.15) is 42.5 Å². The Labute approximate surface area is 138 Å². The summed E-state index contributed by atoms with van der Waals surface area (Å²) in [4.78, 5) is 18.6. The maximum atomic E-state index is 13.5. The van der Waals surface area contributed by atoms with Crippen LogP contribution >= 0.6 is 11.3 Å². The number of thiazole rings is 1. The quantitative estimate of drug-likeness (QED) is 0.847. The fourth-order valence-corrected chi connectivity index (χ4v) is 3.59. The highest BCUT2D eigenvalue weighted by Crippen LogP contribution is 2.30. The molecule has 1 aliphatic heterocycles. The van der Waals surface area contributed by atoms with Gasteiger partial charge in [0.05, 0.1) is 17.1 Å². The van der Waals surface area contributed by atoms with Crippen LogP contribution < -0.4 is 4.90 Å². The first kappa shape index (κ1) is 16.1. The van der Waals surface area contributed by atoms with Gasteiger partial charge in [0.15, 0.2) is 11.6 Å².